The molecular formula is C16H26NO3S+. The second-order valence-electron chi connectivity index (χ2n) is 6.11. The van der Waals surface area contributed by atoms with Gasteiger partial charge in [0.25, 0.3) is 10.1 Å². The zero-order valence-corrected chi connectivity index (χ0v) is 13.8. The van der Waals surface area contributed by atoms with Crippen molar-refractivity contribution in [2.45, 2.75) is 25.8 Å². The van der Waals surface area contributed by atoms with Gasteiger partial charge in [-0.1, -0.05) is 36.9 Å². The van der Waals surface area contributed by atoms with Crippen LogP contribution in [0.25, 0.3) is 6.08 Å². The third-order valence-corrected chi connectivity index (χ3v) is 4.30. The summed E-state index contributed by atoms with van der Waals surface area (Å²) in [5, 5.41) is 0. The first-order chi connectivity index (χ1) is 9.72. The van der Waals surface area contributed by atoms with Crippen LogP contribution in [0.5, 0.6) is 0 Å². The largest absolute Gasteiger partial charge is 0.325 e. The zero-order valence-electron chi connectivity index (χ0n) is 13.0. The van der Waals surface area contributed by atoms with Gasteiger partial charge in [-0.05, 0) is 24.8 Å². The number of hydrogen-bond acceptors (Lipinski definition) is 2. The van der Waals surface area contributed by atoms with E-state index in [1.807, 2.05) is 6.08 Å². The molecular weight excluding hydrogens is 286 g/mol. The predicted molar refractivity (Wildman–Crippen MR) is 87.5 cm³/mol. The van der Waals surface area contributed by atoms with E-state index in [-0.39, 0.29) is 5.75 Å². The lowest BCUT2D eigenvalue weighted by atomic mass is 10.1. The highest BCUT2D eigenvalue weighted by molar-refractivity contribution is 7.85. The average molecular weight is 312 g/mol. The Balaban J connectivity index is 2.37. The molecule has 21 heavy (non-hydrogen) atoms. The minimum absolute atomic E-state index is 0.135. The fourth-order valence-electron chi connectivity index (χ4n) is 2.33. The van der Waals surface area contributed by atoms with E-state index in [1.165, 1.54) is 5.56 Å². The molecule has 0 aliphatic carbocycles. The molecule has 0 saturated heterocycles. The van der Waals surface area contributed by atoms with E-state index in [2.05, 4.69) is 44.9 Å². The molecule has 0 aliphatic heterocycles. The van der Waals surface area contributed by atoms with Gasteiger partial charge in [-0.3, -0.25) is 4.55 Å². The first-order valence-electron chi connectivity index (χ1n) is 7.20. The molecule has 0 atom stereocenters. The molecule has 0 bridgehead atoms. The molecule has 118 valence electrons. The molecule has 5 heteroatoms. The maximum atomic E-state index is 10.6. The van der Waals surface area contributed by atoms with Gasteiger partial charge in [-0.2, -0.15) is 8.42 Å². The van der Waals surface area contributed by atoms with Crippen LogP contribution in [0.4, 0.5) is 0 Å². The third-order valence-electron chi connectivity index (χ3n) is 3.49. The molecule has 0 heterocycles. The van der Waals surface area contributed by atoms with Gasteiger partial charge in [0.2, 0.25) is 0 Å². The molecule has 0 radical (unpaired) electrons. The Morgan fingerprint density at radius 1 is 1.14 bits per heavy atom. The van der Waals surface area contributed by atoms with E-state index in [4.69, 9.17) is 4.55 Å². The molecule has 0 fully saturated rings. The summed E-state index contributed by atoms with van der Waals surface area (Å²) in [6.45, 7) is 5.67. The van der Waals surface area contributed by atoms with E-state index in [0.29, 0.717) is 6.42 Å². The van der Waals surface area contributed by atoms with Crippen molar-refractivity contribution in [2.75, 3.05) is 26.4 Å². The van der Waals surface area contributed by atoms with E-state index in [0.717, 1.165) is 36.0 Å². The lowest BCUT2D eigenvalue weighted by Gasteiger charge is -2.30. The van der Waals surface area contributed by atoms with Gasteiger partial charge in [-0.15, -0.1) is 0 Å². The molecule has 0 aromatic heterocycles. The van der Waals surface area contributed by atoms with Gasteiger partial charge in [-0.25, -0.2) is 0 Å². The normalized spacial score (nSPS) is 12.3. The molecule has 1 aromatic carbocycles. The first kappa shape index (κ1) is 17.9. The predicted octanol–water partition coefficient (Wildman–Crippen LogP) is 2.96. The van der Waals surface area contributed by atoms with Crippen molar-refractivity contribution in [2.24, 2.45) is 0 Å². The smallest absolute Gasteiger partial charge is 0.264 e. The number of hydrogen-bond donors (Lipinski definition) is 1. The van der Waals surface area contributed by atoms with Crippen LogP contribution in [-0.2, 0) is 16.7 Å². The highest BCUT2D eigenvalue weighted by Crippen LogP contribution is 2.13. The van der Waals surface area contributed by atoms with Crippen LogP contribution in [0.1, 0.15) is 30.4 Å². The van der Waals surface area contributed by atoms with Crippen LogP contribution in [0.2, 0.25) is 0 Å². The summed E-state index contributed by atoms with van der Waals surface area (Å²) in [6, 6.07) is 8.37. The van der Waals surface area contributed by atoms with Crippen molar-refractivity contribution in [1.82, 2.24) is 0 Å². The fraction of sp³-hybridized carbons (Fsp3) is 0.500. The Morgan fingerprint density at radius 3 is 2.29 bits per heavy atom. The SMILES string of the molecule is C=Cc1ccc(C[N+](C)(C)CCCCCS(=O)(=O)O)cc1. The van der Waals surface area contributed by atoms with Crippen molar-refractivity contribution in [3.8, 4) is 0 Å². The van der Waals surface area contributed by atoms with Gasteiger partial charge in [0.1, 0.15) is 6.54 Å². The number of unbranched alkanes of at least 4 members (excludes halogenated alkanes) is 2. The maximum Gasteiger partial charge on any atom is 0.264 e. The highest BCUT2D eigenvalue weighted by Gasteiger charge is 2.15. The van der Waals surface area contributed by atoms with E-state index in [1.54, 1.807) is 0 Å². The lowest BCUT2D eigenvalue weighted by Crippen LogP contribution is -2.39. The van der Waals surface area contributed by atoms with Crippen molar-refractivity contribution in [3.05, 3.63) is 42.0 Å². The van der Waals surface area contributed by atoms with E-state index in [9.17, 15) is 8.42 Å². The minimum atomic E-state index is -3.81. The first-order valence-corrected chi connectivity index (χ1v) is 8.81. The van der Waals surface area contributed by atoms with Crippen LogP contribution in [-0.4, -0.2) is 43.8 Å². The minimum Gasteiger partial charge on any atom is -0.325 e. The molecule has 0 spiro atoms. The second-order valence-corrected chi connectivity index (χ2v) is 7.68. The standard InChI is InChI=1S/C16H25NO3S/c1-4-15-8-10-16(11-9-15)14-17(2,3)12-6-5-7-13-21(18,19)20/h4,8-11H,1,5-7,12-14H2,2-3H3/p+1. The molecule has 0 aliphatic rings. The lowest BCUT2D eigenvalue weighted by molar-refractivity contribution is -0.903. The Kier molecular flexibility index (Phi) is 6.58. The van der Waals surface area contributed by atoms with Gasteiger partial charge in [0.15, 0.2) is 0 Å². The van der Waals surface area contributed by atoms with Crippen molar-refractivity contribution >= 4 is 16.2 Å². The summed E-state index contributed by atoms with van der Waals surface area (Å²) in [7, 11) is 0.533. The Morgan fingerprint density at radius 2 is 1.76 bits per heavy atom. The molecule has 0 unspecified atom stereocenters. The topological polar surface area (TPSA) is 54.4 Å². The summed E-state index contributed by atoms with van der Waals surface area (Å²) in [5.41, 5.74) is 2.40. The number of benzene rings is 1. The summed E-state index contributed by atoms with van der Waals surface area (Å²) in [6.07, 6.45) is 4.12. The molecule has 4 nitrogen and oxygen atoms in total. The van der Waals surface area contributed by atoms with Gasteiger partial charge < -0.3 is 4.48 Å². The van der Waals surface area contributed by atoms with E-state index >= 15 is 0 Å². The molecule has 1 rings (SSSR count). The van der Waals surface area contributed by atoms with Crippen LogP contribution < -0.4 is 0 Å². The molecule has 0 saturated carbocycles. The quantitative estimate of drug-likeness (QED) is 0.433. The zero-order chi connectivity index (χ0) is 15.9. The van der Waals surface area contributed by atoms with Crippen LogP contribution >= 0.6 is 0 Å². The Labute approximate surface area is 128 Å². The summed E-state index contributed by atoms with van der Waals surface area (Å²) < 4.78 is 30.8. The molecule has 1 aromatic rings. The molecule has 1 N–H and O–H groups in total. The van der Waals surface area contributed by atoms with E-state index < -0.39 is 10.1 Å². The van der Waals surface area contributed by atoms with Crippen molar-refractivity contribution < 1.29 is 17.5 Å². The Bertz CT molecular complexity index is 547. The fourth-order valence-corrected chi connectivity index (χ4v) is 2.90. The van der Waals surface area contributed by atoms with Crippen LogP contribution in [0.3, 0.4) is 0 Å². The number of nitrogens with zero attached hydrogens (tertiary/aromatic N) is 1. The monoisotopic (exact) mass is 312 g/mol. The second kappa shape index (κ2) is 7.73. The molecule has 0 amide bonds. The summed E-state index contributed by atoms with van der Waals surface area (Å²) in [4.78, 5) is 0. The van der Waals surface area contributed by atoms with Gasteiger partial charge in [0, 0.05) is 5.56 Å². The average Bonchev–Trinajstić information content (AvgIpc) is 2.37. The van der Waals surface area contributed by atoms with Crippen LogP contribution in [0.15, 0.2) is 30.8 Å². The summed E-state index contributed by atoms with van der Waals surface area (Å²) in [5.74, 6) is -0.135. The summed E-state index contributed by atoms with van der Waals surface area (Å²) >= 11 is 0. The van der Waals surface area contributed by atoms with Crippen LogP contribution in [0, 0.1) is 0 Å². The highest BCUT2D eigenvalue weighted by atomic mass is 32.2. The maximum absolute atomic E-state index is 10.6. The number of quaternary nitrogens is 1. The third kappa shape index (κ3) is 7.99. The van der Waals surface area contributed by atoms with Crippen molar-refractivity contribution in [3.63, 3.8) is 0 Å². The van der Waals surface area contributed by atoms with Gasteiger partial charge in [0.05, 0.1) is 26.4 Å². The van der Waals surface area contributed by atoms with Crippen molar-refractivity contribution in [1.29, 1.82) is 0 Å². The Hall–Kier alpha value is -1.17. The number of rotatable bonds is 9. The van der Waals surface area contributed by atoms with Gasteiger partial charge >= 0.3 is 0 Å².